The van der Waals surface area contributed by atoms with Crippen molar-refractivity contribution in [2.75, 3.05) is 0 Å². The Labute approximate surface area is 181 Å². The van der Waals surface area contributed by atoms with E-state index in [0.717, 1.165) is 5.52 Å². The Morgan fingerprint density at radius 2 is 1.94 bits per heavy atom. The molecule has 0 fully saturated rings. The maximum Gasteiger partial charge on any atom is 0.206 e. The molecule has 3 heterocycles. The van der Waals surface area contributed by atoms with Crippen LogP contribution in [0, 0.1) is 0 Å². The number of H-pyrrole nitrogens is 1. The van der Waals surface area contributed by atoms with Crippen molar-refractivity contribution >= 4 is 26.3 Å². The molecule has 0 spiro atoms. The maximum absolute atomic E-state index is 13.4. The van der Waals surface area contributed by atoms with Crippen LogP contribution < -0.4 is 5.14 Å². The van der Waals surface area contributed by atoms with Crippen LogP contribution in [0.3, 0.4) is 0 Å². The Morgan fingerprint density at radius 1 is 1.16 bits per heavy atom. The summed E-state index contributed by atoms with van der Waals surface area (Å²) in [4.78, 5) is -0.131. The zero-order valence-corrected chi connectivity index (χ0v) is 18.5. The number of nitrogens with one attached hydrogen (secondary N) is 1. The lowest BCUT2D eigenvalue weighted by Gasteiger charge is -2.19. The van der Waals surface area contributed by atoms with Gasteiger partial charge in [0.2, 0.25) is 5.82 Å². The molecule has 0 saturated heterocycles. The van der Waals surface area contributed by atoms with Gasteiger partial charge in [-0.15, -0.1) is 10.2 Å². The summed E-state index contributed by atoms with van der Waals surface area (Å²) in [5.41, 5.74) is 2.25. The summed E-state index contributed by atoms with van der Waals surface area (Å²) < 4.78 is 41.2. The molecule has 31 heavy (non-hydrogen) atoms. The molecule has 0 amide bonds. The maximum atomic E-state index is 13.4. The molecule has 4 aromatic rings. The fourth-order valence-corrected chi connectivity index (χ4v) is 6.87. The van der Waals surface area contributed by atoms with Crippen molar-refractivity contribution in [3.05, 3.63) is 42.6 Å². The number of benzene rings is 1. The molecule has 0 aliphatic carbocycles. The normalized spacial score (nSPS) is 13.2. The van der Waals surface area contributed by atoms with Crippen LogP contribution in [0.25, 0.3) is 28.2 Å². The topological polar surface area (TPSA) is 149 Å². The van der Waals surface area contributed by atoms with Gasteiger partial charge < -0.3 is 0 Å². The first-order valence-corrected chi connectivity index (χ1v) is 12.4. The number of pyridine rings is 1. The van der Waals surface area contributed by atoms with Gasteiger partial charge in [-0.3, -0.25) is 0 Å². The average molecular weight is 460 g/mol. The van der Waals surface area contributed by atoms with Crippen LogP contribution in [0.5, 0.6) is 0 Å². The molecule has 0 aliphatic rings. The van der Waals surface area contributed by atoms with Crippen LogP contribution in [0.1, 0.15) is 26.7 Å². The average Bonchev–Trinajstić information content (AvgIpc) is 3.45. The van der Waals surface area contributed by atoms with E-state index >= 15 is 0 Å². The fourth-order valence-electron chi connectivity index (χ4n) is 3.75. The molecular weight excluding hydrogens is 438 g/mol. The van der Waals surface area contributed by atoms with Gasteiger partial charge in [-0.05, 0) is 42.3 Å². The van der Waals surface area contributed by atoms with Crippen molar-refractivity contribution in [2.45, 2.75) is 41.7 Å². The molecule has 1 aromatic carbocycles. The van der Waals surface area contributed by atoms with E-state index in [9.17, 15) is 12.6 Å². The molecule has 1 atom stereocenters. The molecule has 0 aliphatic heterocycles. The quantitative estimate of drug-likeness (QED) is 0.430. The summed E-state index contributed by atoms with van der Waals surface area (Å²) in [6.45, 7) is 3.61. The number of tetrazole rings is 1. The molecular formula is C19H21N7O3S2. The number of nitrogens with two attached hydrogens (primary N) is 1. The summed E-state index contributed by atoms with van der Waals surface area (Å²) in [5.74, 6) is 0.0922. The molecule has 162 valence electrons. The first-order chi connectivity index (χ1) is 14.9. The SMILES string of the molecule is CCC(CC)S(=O)(=O)c1ccc(-c2cccc3ccnn23)c(-c2nn[nH]n2)c1S(N)=O. The minimum absolute atomic E-state index is 0.0463. The van der Waals surface area contributed by atoms with Gasteiger partial charge in [0.1, 0.15) is 11.0 Å². The van der Waals surface area contributed by atoms with Crippen LogP contribution in [0.2, 0.25) is 0 Å². The van der Waals surface area contributed by atoms with Crippen molar-refractivity contribution < 1.29 is 12.6 Å². The molecule has 3 aromatic heterocycles. The number of hydrogen-bond acceptors (Lipinski definition) is 7. The van der Waals surface area contributed by atoms with E-state index in [4.69, 9.17) is 5.14 Å². The number of rotatable bonds is 7. The first kappa shape index (κ1) is 21.3. The summed E-state index contributed by atoms with van der Waals surface area (Å²) in [5, 5.41) is 23.6. The van der Waals surface area contributed by atoms with E-state index in [2.05, 4.69) is 25.7 Å². The molecule has 3 N–H and O–H groups in total. The third-order valence-corrected chi connectivity index (χ3v) is 8.70. The van der Waals surface area contributed by atoms with Crippen molar-refractivity contribution in [3.63, 3.8) is 0 Å². The smallest absolute Gasteiger partial charge is 0.206 e. The van der Waals surface area contributed by atoms with Crippen LogP contribution in [0.15, 0.2) is 52.4 Å². The van der Waals surface area contributed by atoms with Gasteiger partial charge in [0.05, 0.1) is 38.0 Å². The zero-order valence-electron chi connectivity index (χ0n) is 16.9. The molecule has 0 radical (unpaired) electrons. The second kappa shape index (κ2) is 8.29. The fraction of sp³-hybridized carbons (Fsp3) is 0.263. The molecule has 12 heteroatoms. The van der Waals surface area contributed by atoms with Gasteiger partial charge in [-0.1, -0.05) is 26.0 Å². The second-order valence-electron chi connectivity index (χ2n) is 6.91. The third kappa shape index (κ3) is 3.56. The van der Waals surface area contributed by atoms with Gasteiger partial charge >= 0.3 is 0 Å². The van der Waals surface area contributed by atoms with E-state index in [0.29, 0.717) is 24.1 Å². The van der Waals surface area contributed by atoms with Gasteiger partial charge in [0.25, 0.3) is 0 Å². The van der Waals surface area contributed by atoms with E-state index < -0.39 is 26.1 Å². The van der Waals surface area contributed by atoms with Crippen LogP contribution >= 0.6 is 0 Å². The predicted octanol–water partition coefficient (Wildman–Crippen LogP) is 2.12. The van der Waals surface area contributed by atoms with E-state index in [1.807, 2.05) is 24.3 Å². The number of nitrogens with zero attached hydrogens (tertiary/aromatic N) is 5. The predicted molar refractivity (Wildman–Crippen MR) is 116 cm³/mol. The van der Waals surface area contributed by atoms with Crippen LogP contribution in [0.4, 0.5) is 0 Å². The summed E-state index contributed by atoms with van der Waals surface area (Å²) in [6.07, 6.45) is 2.49. The molecule has 4 rings (SSSR count). The highest BCUT2D eigenvalue weighted by Crippen LogP contribution is 2.39. The Hall–Kier alpha value is -2.96. The van der Waals surface area contributed by atoms with Gasteiger partial charge in [0.15, 0.2) is 9.84 Å². The van der Waals surface area contributed by atoms with Gasteiger partial charge in [-0.25, -0.2) is 22.3 Å². The molecule has 0 bridgehead atoms. The highest BCUT2D eigenvalue weighted by molar-refractivity contribution is 7.93. The lowest BCUT2D eigenvalue weighted by Crippen LogP contribution is -2.23. The lowest BCUT2D eigenvalue weighted by molar-refractivity contribution is 0.569. The molecule has 0 saturated carbocycles. The number of aromatic amines is 1. The van der Waals surface area contributed by atoms with E-state index in [1.54, 1.807) is 30.6 Å². The minimum Gasteiger partial charge on any atom is -0.248 e. The Kier molecular flexibility index (Phi) is 5.69. The Bertz CT molecular complexity index is 1360. The van der Waals surface area contributed by atoms with Crippen LogP contribution in [-0.4, -0.2) is 48.1 Å². The van der Waals surface area contributed by atoms with E-state index in [1.165, 1.54) is 6.07 Å². The summed E-state index contributed by atoms with van der Waals surface area (Å²) in [6, 6.07) is 10.5. The summed E-state index contributed by atoms with van der Waals surface area (Å²) >= 11 is 0. The monoisotopic (exact) mass is 459 g/mol. The number of aromatic nitrogens is 6. The highest BCUT2D eigenvalue weighted by atomic mass is 32.2. The Morgan fingerprint density at radius 3 is 2.58 bits per heavy atom. The summed E-state index contributed by atoms with van der Waals surface area (Å²) in [7, 11) is -5.95. The van der Waals surface area contributed by atoms with Crippen molar-refractivity contribution in [1.29, 1.82) is 0 Å². The van der Waals surface area contributed by atoms with Gasteiger partial charge in [0, 0.05) is 5.56 Å². The van der Waals surface area contributed by atoms with Crippen molar-refractivity contribution in [2.24, 2.45) is 5.14 Å². The highest BCUT2D eigenvalue weighted by Gasteiger charge is 2.33. The van der Waals surface area contributed by atoms with Gasteiger partial charge in [-0.2, -0.15) is 10.3 Å². The third-order valence-electron chi connectivity index (χ3n) is 5.24. The lowest BCUT2D eigenvalue weighted by atomic mass is 10.0. The largest absolute Gasteiger partial charge is 0.248 e. The molecule has 1 unspecified atom stereocenters. The first-order valence-electron chi connectivity index (χ1n) is 9.64. The van der Waals surface area contributed by atoms with Crippen LogP contribution in [-0.2, 0) is 20.8 Å². The van der Waals surface area contributed by atoms with Crippen molar-refractivity contribution in [1.82, 2.24) is 30.2 Å². The second-order valence-corrected chi connectivity index (χ2v) is 10.1. The number of fused-ring (bicyclic) bond motifs is 1. The zero-order chi connectivity index (χ0) is 22.2. The number of sulfone groups is 1. The minimum atomic E-state index is -3.80. The standard InChI is InChI=1S/C19H21N7O3S2/c1-3-13(4-2)31(28,29)16-9-8-14(15-7-5-6-12-10-11-21-26(12)15)17(18(16)30(20)27)19-22-24-25-23-19/h5-11,13H,3-4,20H2,1-2H3,(H,22,23,24,25). The van der Waals surface area contributed by atoms with Crippen molar-refractivity contribution in [3.8, 4) is 22.6 Å². The number of hydrogen-bond donors (Lipinski definition) is 2. The Balaban J connectivity index is 2.11. The molecule has 10 nitrogen and oxygen atoms in total. The van der Waals surface area contributed by atoms with E-state index in [-0.39, 0.29) is 21.2 Å².